The molecule has 1 amide bonds. The molecule has 2 saturated heterocycles. The van der Waals surface area contributed by atoms with Gasteiger partial charge in [0.15, 0.2) is 6.29 Å². The first-order valence-electron chi connectivity index (χ1n) is 13.7. The molecule has 0 unspecified atom stereocenters. The van der Waals surface area contributed by atoms with Gasteiger partial charge >= 0.3 is 0 Å². The van der Waals surface area contributed by atoms with Crippen LogP contribution in [0.2, 0.25) is 0 Å². The first-order valence-corrected chi connectivity index (χ1v) is 13.7. The molecule has 0 radical (unpaired) electrons. The monoisotopic (exact) mass is 552 g/mol. The van der Waals surface area contributed by atoms with Crippen molar-refractivity contribution in [2.45, 2.75) is 114 Å². The van der Waals surface area contributed by atoms with Crippen LogP contribution < -0.4 is 5.32 Å². The largest absolute Gasteiger partial charge is 0.394 e. The zero-order valence-corrected chi connectivity index (χ0v) is 22.5. The molecule has 2 fully saturated rings. The molecule has 2 heterocycles. The maximum Gasteiger partial charge on any atom is 0.219 e. The Bertz CT molecular complexity index is 673. The van der Waals surface area contributed by atoms with Gasteiger partial charge in [0, 0.05) is 19.5 Å². The van der Waals surface area contributed by atoms with Gasteiger partial charge in [-0.25, -0.2) is 0 Å². The number of aliphatic hydroxyl groups is 7. The van der Waals surface area contributed by atoms with Crippen LogP contribution >= 0.6 is 0 Å². The van der Waals surface area contributed by atoms with E-state index in [-0.39, 0.29) is 12.5 Å². The van der Waals surface area contributed by atoms with Crippen LogP contribution in [-0.4, -0.2) is 147 Å². The number of nitrogens with one attached hydrogen (secondary N) is 1. The minimum Gasteiger partial charge on any atom is -0.394 e. The lowest BCUT2D eigenvalue weighted by Gasteiger charge is -2.40. The molecule has 0 aliphatic carbocycles. The maximum absolute atomic E-state index is 11.6. The minimum atomic E-state index is -1.51. The zero-order valence-electron chi connectivity index (χ0n) is 22.5. The summed E-state index contributed by atoms with van der Waals surface area (Å²) in [7, 11) is 0. The van der Waals surface area contributed by atoms with Crippen molar-refractivity contribution in [3.63, 3.8) is 0 Å². The second-order valence-electron chi connectivity index (χ2n) is 10.2. The molecule has 224 valence electrons. The summed E-state index contributed by atoms with van der Waals surface area (Å²) in [6.45, 7) is 5.53. The fourth-order valence-electron chi connectivity index (χ4n) is 4.81. The average Bonchev–Trinajstić information content (AvgIpc) is 2.89. The van der Waals surface area contributed by atoms with Crippen LogP contribution in [0.1, 0.15) is 52.4 Å². The van der Waals surface area contributed by atoms with Crippen LogP contribution in [0.4, 0.5) is 0 Å². The van der Waals surface area contributed by atoms with E-state index in [2.05, 4.69) is 10.2 Å². The molecular formula is C25H48N2O11. The molecule has 0 aromatic heterocycles. The van der Waals surface area contributed by atoms with E-state index in [4.69, 9.17) is 14.2 Å². The number of aliphatic hydroxyl groups excluding tert-OH is 7. The highest BCUT2D eigenvalue weighted by atomic mass is 16.7. The molecule has 0 aromatic rings. The molecule has 0 spiro atoms. The van der Waals surface area contributed by atoms with Crippen LogP contribution in [0.3, 0.4) is 0 Å². The number of carbonyl (C=O) groups is 1. The Labute approximate surface area is 224 Å². The molecule has 0 saturated carbocycles. The first kappa shape index (κ1) is 33.2. The lowest BCUT2D eigenvalue weighted by atomic mass is 9.93. The Balaban J connectivity index is 1.84. The van der Waals surface area contributed by atoms with Crippen molar-refractivity contribution in [2.24, 2.45) is 0 Å². The first-order chi connectivity index (χ1) is 18.1. The van der Waals surface area contributed by atoms with Crippen molar-refractivity contribution in [1.29, 1.82) is 0 Å². The van der Waals surface area contributed by atoms with Gasteiger partial charge in [-0.05, 0) is 52.6 Å². The molecule has 10 atom stereocenters. The van der Waals surface area contributed by atoms with Crippen molar-refractivity contribution < 1.29 is 54.8 Å². The van der Waals surface area contributed by atoms with Crippen molar-refractivity contribution >= 4 is 5.91 Å². The van der Waals surface area contributed by atoms with E-state index in [0.717, 1.165) is 19.3 Å². The van der Waals surface area contributed by atoms with Crippen LogP contribution in [0.5, 0.6) is 0 Å². The molecule has 13 nitrogen and oxygen atoms in total. The second kappa shape index (κ2) is 17.0. The average molecular weight is 553 g/mol. The third-order valence-electron chi connectivity index (χ3n) is 7.20. The lowest BCUT2D eigenvalue weighted by molar-refractivity contribution is -0.301. The van der Waals surface area contributed by atoms with E-state index in [1.807, 2.05) is 6.92 Å². The van der Waals surface area contributed by atoms with E-state index < -0.39 is 67.8 Å². The molecule has 13 heteroatoms. The number of hydrogen-bond acceptors (Lipinski definition) is 12. The van der Waals surface area contributed by atoms with Gasteiger partial charge < -0.3 is 60.2 Å². The van der Waals surface area contributed by atoms with E-state index in [9.17, 15) is 40.5 Å². The van der Waals surface area contributed by atoms with Gasteiger partial charge in [0.2, 0.25) is 5.91 Å². The molecule has 8 N–H and O–H groups in total. The number of hydrogen-bond donors (Lipinski definition) is 8. The molecule has 0 aromatic carbocycles. The Morgan fingerprint density at radius 1 is 0.816 bits per heavy atom. The maximum atomic E-state index is 11.6. The Morgan fingerprint density at radius 3 is 2.16 bits per heavy atom. The Kier molecular flexibility index (Phi) is 14.9. The summed E-state index contributed by atoms with van der Waals surface area (Å²) in [5.41, 5.74) is 0. The summed E-state index contributed by atoms with van der Waals surface area (Å²) in [5, 5.41) is 72.4. The summed E-state index contributed by atoms with van der Waals surface area (Å²) in [4.78, 5) is 13.8. The molecule has 0 bridgehead atoms. The third-order valence-corrected chi connectivity index (χ3v) is 7.20. The van der Waals surface area contributed by atoms with Crippen molar-refractivity contribution in [1.82, 2.24) is 10.2 Å². The van der Waals surface area contributed by atoms with E-state index in [1.165, 1.54) is 0 Å². The van der Waals surface area contributed by atoms with E-state index in [0.29, 0.717) is 45.4 Å². The van der Waals surface area contributed by atoms with E-state index >= 15 is 0 Å². The minimum absolute atomic E-state index is 0.0323. The second-order valence-corrected chi connectivity index (χ2v) is 10.2. The molecular weight excluding hydrogens is 504 g/mol. The van der Waals surface area contributed by atoms with Crippen molar-refractivity contribution in [3.8, 4) is 0 Å². The van der Waals surface area contributed by atoms with Gasteiger partial charge in [0.05, 0.1) is 25.4 Å². The van der Waals surface area contributed by atoms with E-state index in [1.54, 1.807) is 6.92 Å². The topological polar surface area (TPSA) is 202 Å². The van der Waals surface area contributed by atoms with Gasteiger partial charge in [-0.2, -0.15) is 0 Å². The standard InChI is InChI=1S/C25H48N2O11/c1-3-26-18(29)9-5-4-6-10-27(11-7-8-16-20(31)22(33)19(30)15(2)37-16)12-13-36-25-24(35)23(34)21(32)17(14-28)38-25/h15-17,19-25,28,30-35H,3-14H2,1-2H3,(H,26,29)/t15-,16-,17+,19+,20+,21+,22+,23-,24+,25-/m0/s1. The van der Waals surface area contributed by atoms with Crippen LogP contribution in [0.15, 0.2) is 0 Å². The third kappa shape index (κ3) is 9.89. The summed E-state index contributed by atoms with van der Waals surface area (Å²) >= 11 is 0. The highest BCUT2D eigenvalue weighted by Crippen LogP contribution is 2.24. The zero-order chi connectivity index (χ0) is 28.2. The quantitative estimate of drug-likeness (QED) is 0.0933. The Hall–Kier alpha value is -0.970. The molecule has 38 heavy (non-hydrogen) atoms. The molecule has 2 aliphatic heterocycles. The Morgan fingerprint density at radius 2 is 1.47 bits per heavy atom. The van der Waals surface area contributed by atoms with Crippen molar-refractivity contribution in [2.75, 3.05) is 39.4 Å². The predicted octanol–water partition coefficient (Wildman–Crippen LogP) is -2.55. The van der Waals surface area contributed by atoms with Crippen LogP contribution in [0, 0.1) is 0 Å². The van der Waals surface area contributed by atoms with Crippen molar-refractivity contribution in [3.05, 3.63) is 0 Å². The van der Waals surface area contributed by atoms with Gasteiger partial charge in [-0.15, -0.1) is 0 Å². The SMILES string of the molecule is CCNC(=O)CCCCCN(CCC[C@@H]1O[C@@H](C)[C@@H](O)[C@@H](O)[C@@H]1O)CCO[C@H]1O[C@H](CO)[C@@H](O)[C@H](O)[C@H]1O. The summed E-state index contributed by atoms with van der Waals surface area (Å²) in [6.07, 6.45) is -7.43. The van der Waals surface area contributed by atoms with Crippen LogP contribution in [-0.2, 0) is 19.0 Å². The van der Waals surface area contributed by atoms with Gasteiger partial charge in [-0.3, -0.25) is 4.79 Å². The highest BCUT2D eigenvalue weighted by molar-refractivity contribution is 5.75. The lowest BCUT2D eigenvalue weighted by Crippen LogP contribution is -2.59. The summed E-state index contributed by atoms with van der Waals surface area (Å²) < 4.78 is 16.7. The smallest absolute Gasteiger partial charge is 0.219 e. The normalized spacial score (nSPS) is 35.9. The number of amides is 1. The van der Waals surface area contributed by atoms with Gasteiger partial charge in [0.1, 0.15) is 42.7 Å². The number of nitrogens with zero attached hydrogens (tertiary/aromatic N) is 1. The van der Waals surface area contributed by atoms with Gasteiger partial charge in [-0.1, -0.05) is 6.42 Å². The summed E-state index contributed by atoms with van der Waals surface area (Å²) in [5.74, 6) is 0.0323. The highest BCUT2D eigenvalue weighted by Gasteiger charge is 2.44. The molecule has 2 rings (SSSR count). The predicted molar refractivity (Wildman–Crippen MR) is 135 cm³/mol. The fourth-order valence-corrected chi connectivity index (χ4v) is 4.81. The number of ether oxygens (including phenoxy) is 3. The molecule has 2 aliphatic rings. The number of unbranched alkanes of at least 4 members (excludes halogenated alkanes) is 2. The number of rotatable bonds is 16. The van der Waals surface area contributed by atoms with Gasteiger partial charge in [0.25, 0.3) is 0 Å². The fraction of sp³-hybridized carbons (Fsp3) is 0.960. The number of carbonyl (C=O) groups excluding carboxylic acids is 1. The summed E-state index contributed by atoms with van der Waals surface area (Å²) in [6, 6.07) is 0. The van der Waals surface area contributed by atoms with Crippen LogP contribution in [0.25, 0.3) is 0 Å².